The number of rotatable bonds is 4. The first kappa shape index (κ1) is 14.6. The van der Waals surface area contributed by atoms with Crippen LogP contribution in [0.4, 0.5) is 5.82 Å². The molecule has 0 amide bonds. The molecule has 4 rings (SSSR count). The second-order valence-electron chi connectivity index (χ2n) is 5.94. The summed E-state index contributed by atoms with van der Waals surface area (Å²) in [6, 6.07) is 8.38. The third kappa shape index (κ3) is 2.58. The monoisotopic (exact) mass is 323 g/mol. The quantitative estimate of drug-likeness (QED) is 0.792. The summed E-state index contributed by atoms with van der Waals surface area (Å²) < 4.78 is 2.16. The van der Waals surface area contributed by atoms with Crippen LogP contribution < -0.4 is 4.90 Å². The van der Waals surface area contributed by atoms with Gasteiger partial charge in [-0.1, -0.05) is 12.1 Å². The van der Waals surface area contributed by atoms with Crippen molar-refractivity contribution in [3.05, 3.63) is 48.7 Å². The van der Waals surface area contributed by atoms with E-state index >= 15 is 0 Å². The Morgan fingerprint density at radius 3 is 2.88 bits per heavy atom. The van der Waals surface area contributed by atoms with Crippen LogP contribution in [0.25, 0.3) is 11.0 Å². The van der Waals surface area contributed by atoms with Gasteiger partial charge < -0.3 is 14.6 Å². The highest BCUT2D eigenvalue weighted by atomic mass is 16.4. The maximum atomic E-state index is 10.9. The Labute approximate surface area is 138 Å². The van der Waals surface area contributed by atoms with E-state index in [4.69, 9.17) is 5.11 Å². The third-order valence-corrected chi connectivity index (χ3v) is 4.46. The number of aromatic nitrogens is 4. The van der Waals surface area contributed by atoms with Crippen molar-refractivity contribution < 1.29 is 9.90 Å². The maximum Gasteiger partial charge on any atom is 0.356 e. The van der Waals surface area contributed by atoms with Crippen LogP contribution >= 0.6 is 0 Å². The number of carbonyl (C=O) groups is 1. The van der Waals surface area contributed by atoms with Crippen LogP contribution in [0.3, 0.4) is 0 Å². The molecule has 1 atom stereocenters. The summed E-state index contributed by atoms with van der Waals surface area (Å²) in [5, 5.41) is 8.94. The van der Waals surface area contributed by atoms with Crippen molar-refractivity contribution in [2.24, 2.45) is 0 Å². The maximum absolute atomic E-state index is 10.9. The van der Waals surface area contributed by atoms with Crippen molar-refractivity contribution in [3.63, 3.8) is 0 Å². The Morgan fingerprint density at radius 2 is 2.08 bits per heavy atom. The number of carboxylic acid groups (broad SMARTS) is 1. The van der Waals surface area contributed by atoms with E-state index in [1.165, 1.54) is 6.20 Å². The van der Waals surface area contributed by atoms with Crippen LogP contribution in [-0.4, -0.2) is 43.2 Å². The van der Waals surface area contributed by atoms with Crippen LogP contribution in [0.1, 0.15) is 23.3 Å². The van der Waals surface area contributed by atoms with E-state index < -0.39 is 5.97 Å². The van der Waals surface area contributed by atoms with Gasteiger partial charge in [0.25, 0.3) is 0 Å². The van der Waals surface area contributed by atoms with Crippen LogP contribution in [0, 0.1) is 0 Å². The van der Waals surface area contributed by atoms with Crippen molar-refractivity contribution in [1.82, 2.24) is 19.5 Å². The lowest BCUT2D eigenvalue weighted by molar-refractivity contribution is 0.0690. The first-order valence-electron chi connectivity index (χ1n) is 7.94. The second kappa shape index (κ2) is 5.92. The third-order valence-electron chi connectivity index (χ3n) is 4.46. The van der Waals surface area contributed by atoms with Gasteiger partial charge in [0.05, 0.1) is 29.8 Å². The fourth-order valence-corrected chi connectivity index (χ4v) is 3.29. The Morgan fingerprint density at radius 1 is 1.21 bits per heavy atom. The zero-order chi connectivity index (χ0) is 16.5. The predicted octanol–water partition coefficient (Wildman–Crippen LogP) is 2.19. The molecule has 3 aromatic rings. The molecule has 1 aliphatic heterocycles. The Balaban J connectivity index is 1.57. The number of imidazole rings is 1. The minimum Gasteiger partial charge on any atom is -0.476 e. The lowest BCUT2D eigenvalue weighted by atomic mass is 10.2. The smallest absolute Gasteiger partial charge is 0.356 e. The number of nitrogens with zero attached hydrogens (tertiary/aromatic N) is 5. The summed E-state index contributed by atoms with van der Waals surface area (Å²) in [6.45, 7) is 1.72. The molecule has 0 radical (unpaired) electrons. The number of hydrogen-bond acceptors (Lipinski definition) is 5. The number of hydrogen-bond donors (Lipinski definition) is 1. The molecule has 1 fully saturated rings. The summed E-state index contributed by atoms with van der Waals surface area (Å²) in [4.78, 5) is 25.8. The largest absolute Gasteiger partial charge is 0.476 e. The van der Waals surface area contributed by atoms with Crippen molar-refractivity contribution in [3.8, 4) is 0 Å². The van der Waals surface area contributed by atoms with Gasteiger partial charge in [-0.05, 0) is 25.0 Å². The molecule has 1 aromatic carbocycles. The van der Waals surface area contributed by atoms with E-state index in [2.05, 4.69) is 30.5 Å². The van der Waals surface area contributed by atoms with E-state index in [1.54, 1.807) is 6.20 Å². The highest BCUT2D eigenvalue weighted by Crippen LogP contribution is 2.25. The van der Waals surface area contributed by atoms with Gasteiger partial charge >= 0.3 is 5.97 Å². The van der Waals surface area contributed by atoms with Gasteiger partial charge in [-0.15, -0.1) is 0 Å². The van der Waals surface area contributed by atoms with Crippen molar-refractivity contribution in [2.75, 3.05) is 11.4 Å². The van der Waals surface area contributed by atoms with E-state index in [9.17, 15) is 4.79 Å². The number of benzene rings is 1. The molecule has 0 saturated carbocycles. The van der Waals surface area contributed by atoms with Crippen LogP contribution in [0.15, 0.2) is 43.0 Å². The van der Waals surface area contributed by atoms with E-state index in [-0.39, 0.29) is 5.69 Å². The SMILES string of the molecule is O=C(O)c1cnc(N2CCCC2Cn2cnc3ccccc32)cn1. The van der Waals surface area contributed by atoms with Crippen molar-refractivity contribution >= 4 is 22.8 Å². The number of aromatic carboxylic acids is 1. The normalized spacial score (nSPS) is 17.5. The Hall–Kier alpha value is -2.96. The first-order valence-corrected chi connectivity index (χ1v) is 7.94. The first-order chi connectivity index (χ1) is 11.7. The summed E-state index contributed by atoms with van der Waals surface area (Å²) in [7, 11) is 0. The molecule has 1 N–H and O–H groups in total. The number of para-hydroxylation sites is 2. The summed E-state index contributed by atoms with van der Waals surface area (Å²) in [5.74, 6) is -0.330. The zero-order valence-corrected chi connectivity index (χ0v) is 13.0. The summed E-state index contributed by atoms with van der Waals surface area (Å²) in [6.07, 6.45) is 6.89. The van der Waals surface area contributed by atoms with Crippen molar-refractivity contribution in [2.45, 2.75) is 25.4 Å². The Kier molecular flexibility index (Phi) is 3.60. The highest BCUT2D eigenvalue weighted by molar-refractivity contribution is 5.84. The average molecular weight is 323 g/mol. The lowest BCUT2D eigenvalue weighted by Gasteiger charge is -2.26. The molecule has 0 aliphatic carbocycles. The van der Waals surface area contributed by atoms with Gasteiger partial charge in [-0.25, -0.2) is 19.7 Å². The molecular weight excluding hydrogens is 306 g/mol. The number of anilines is 1. The van der Waals surface area contributed by atoms with E-state index in [1.807, 2.05) is 24.5 Å². The molecule has 1 unspecified atom stereocenters. The molecule has 2 aromatic heterocycles. The molecule has 1 saturated heterocycles. The number of carboxylic acids is 1. The van der Waals surface area contributed by atoms with E-state index in [0.717, 1.165) is 42.8 Å². The molecular formula is C17H17N5O2. The minimum absolute atomic E-state index is 0.0323. The molecule has 3 heterocycles. The molecule has 0 spiro atoms. The fourth-order valence-electron chi connectivity index (χ4n) is 3.29. The van der Waals surface area contributed by atoms with Gasteiger partial charge in [-0.3, -0.25) is 0 Å². The topological polar surface area (TPSA) is 84.1 Å². The van der Waals surface area contributed by atoms with Gasteiger partial charge in [0.15, 0.2) is 5.69 Å². The summed E-state index contributed by atoms with van der Waals surface area (Å²) >= 11 is 0. The van der Waals surface area contributed by atoms with Crippen LogP contribution in [0.5, 0.6) is 0 Å². The predicted molar refractivity (Wildman–Crippen MR) is 89.1 cm³/mol. The second-order valence-corrected chi connectivity index (χ2v) is 5.94. The number of fused-ring (bicyclic) bond motifs is 1. The minimum atomic E-state index is -1.06. The van der Waals surface area contributed by atoms with Gasteiger partial charge in [0, 0.05) is 19.1 Å². The van der Waals surface area contributed by atoms with E-state index in [0.29, 0.717) is 6.04 Å². The zero-order valence-electron chi connectivity index (χ0n) is 13.0. The fraction of sp³-hybridized carbons (Fsp3) is 0.294. The molecule has 0 bridgehead atoms. The summed E-state index contributed by atoms with van der Waals surface area (Å²) in [5.41, 5.74) is 2.08. The van der Waals surface area contributed by atoms with Crippen LogP contribution in [0.2, 0.25) is 0 Å². The lowest BCUT2D eigenvalue weighted by Crippen LogP contribution is -2.33. The molecule has 24 heavy (non-hydrogen) atoms. The highest BCUT2D eigenvalue weighted by Gasteiger charge is 2.26. The van der Waals surface area contributed by atoms with Gasteiger partial charge in [-0.2, -0.15) is 0 Å². The molecule has 1 aliphatic rings. The molecule has 7 heteroatoms. The van der Waals surface area contributed by atoms with Crippen molar-refractivity contribution in [1.29, 1.82) is 0 Å². The standard InChI is InChI=1S/C17H17N5O2/c23-17(24)14-8-19-16(9-18-14)22-7-3-4-12(22)10-21-11-20-13-5-1-2-6-15(13)21/h1-2,5-6,8-9,11-12H,3-4,7,10H2,(H,23,24). The molecule has 7 nitrogen and oxygen atoms in total. The Bertz CT molecular complexity index is 874. The van der Waals surface area contributed by atoms with Gasteiger partial charge in [0.2, 0.25) is 0 Å². The van der Waals surface area contributed by atoms with Gasteiger partial charge in [0.1, 0.15) is 5.82 Å². The van der Waals surface area contributed by atoms with Crippen LogP contribution in [-0.2, 0) is 6.54 Å². The molecule has 122 valence electrons. The average Bonchev–Trinajstić information content (AvgIpc) is 3.23.